The minimum atomic E-state index is -0.125. The van der Waals surface area contributed by atoms with Crippen molar-refractivity contribution in [1.82, 2.24) is 9.97 Å². The Morgan fingerprint density at radius 2 is 1.77 bits per heavy atom. The van der Waals surface area contributed by atoms with E-state index in [9.17, 15) is 9.59 Å². The van der Waals surface area contributed by atoms with Gasteiger partial charge in [0.25, 0.3) is 0 Å². The van der Waals surface area contributed by atoms with Crippen molar-refractivity contribution in [2.45, 2.75) is 30.7 Å². The van der Waals surface area contributed by atoms with Crippen LogP contribution in [0, 0.1) is 6.92 Å². The average molecular weight is 313 g/mol. The first-order valence-corrected chi connectivity index (χ1v) is 7.99. The lowest BCUT2D eigenvalue weighted by molar-refractivity contribution is -0.121. The lowest BCUT2D eigenvalue weighted by Gasteiger charge is -2.14. The van der Waals surface area contributed by atoms with E-state index < -0.39 is 0 Å². The van der Waals surface area contributed by atoms with E-state index in [1.807, 2.05) is 37.3 Å². The number of imide groups is 1. The van der Waals surface area contributed by atoms with Gasteiger partial charge >= 0.3 is 0 Å². The van der Waals surface area contributed by atoms with Crippen LogP contribution < -0.4 is 4.90 Å². The van der Waals surface area contributed by atoms with Crippen molar-refractivity contribution in [2.24, 2.45) is 0 Å². The minimum Gasteiger partial charge on any atom is -0.274 e. The summed E-state index contributed by atoms with van der Waals surface area (Å²) in [6, 6.07) is 9.35. The molecule has 1 aromatic carbocycles. The lowest BCUT2D eigenvalue weighted by atomic mass is 10.2. The molecule has 0 atom stereocenters. The molecule has 0 radical (unpaired) electrons. The normalized spacial score (nSPS) is 14.7. The van der Waals surface area contributed by atoms with Gasteiger partial charge in [0, 0.05) is 30.5 Å². The SMILES string of the molecule is Cc1ccnc(SCc2ccc(N3C(=O)CCC3=O)cc2)n1. The second-order valence-corrected chi connectivity index (χ2v) is 6.00. The molecular formula is C16H15N3O2S. The Morgan fingerprint density at radius 3 is 2.41 bits per heavy atom. The van der Waals surface area contributed by atoms with Crippen molar-refractivity contribution < 1.29 is 9.59 Å². The molecule has 6 heteroatoms. The van der Waals surface area contributed by atoms with E-state index >= 15 is 0 Å². The molecule has 1 aliphatic heterocycles. The third-order valence-corrected chi connectivity index (χ3v) is 4.32. The summed E-state index contributed by atoms with van der Waals surface area (Å²) in [5.74, 6) is 0.492. The van der Waals surface area contributed by atoms with Crippen molar-refractivity contribution in [2.75, 3.05) is 4.90 Å². The number of carbonyl (C=O) groups is 2. The highest BCUT2D eigenvalue weighted by molar-refractivity contribution is 7.98. The third kappa shape index (κ3) is 3.17. The first kappa shape index (κ1) is 14.7. The number of anilines is 1. The Kier molecular flexibility index (Phi) is 4.20. The van der Waals surface area contributed by atoms with E-state index in [-0.39, 0.29) is 11.8 Å². The first-order chi connectivity index (χ1) is 10.6. The molecule has 5 nitrogen and oxygen atoms in total. The van der Waals surface area contributed by atoms with Gasteiger partial charge in [-0.3, -0.25) is 14.5 Å². The first-order valence-electron chi connectivity index (χ1n) is 7.00. The molecule has 1 fully saturated rings. The number of thioether (sulfide) groups is 1. The van der Waals surface area contributed by atoms with Crippen molar-refractivity contribution >= 4 is 29.3 Å². The van der Waals surface area contributed by atoms with Crippen molar-refractivity contribution in [3.63, 3.8) is 0 Å². The average Bonchev–Trinajstić information content (AvgIpc) is 2.85. The summed E-state index contributed by atoms with van der Waals surface area (Å²) in [5.41, 5.74) is 2.69. The zero-order chi connectivity index (χ0) is 15.5. The van der Waals surface area contributed by atoms with Crippen LogP contribution >= 0.6 is 11.8 Å². The highest BCUT2D eigenvalue weighted by Crippen LogP contribution is 2.25. The minimum absolute atomic E-state index is 0.125. The molecular weight excluding hydrogens is 298 g/mol. The summed E-state index contributed by atoms with van der Waals surface area (Å²) in [7, 11) is 0. The zero-order valence-electron chi connectivity index (χ0n) is 12.2. The van der Waals surface area contributed by atoms with Gasteiger partial charge in [0.15, 0.2) is 5.16 Å². The number of nitrogens with zero attached hydrogens (tertiary/aromatic N) is 3. The van der Waals surface area contributed by atoms with Gasteiger partial charge in [-0.2, -0.15) is 0 Å². The highest BCUT2D eigenvalue weighted by atomic mass is 32.2. The monoisotopic (exact) mass is 313 g/mol. The van der Waals surface area contributed by atoms with Crippen LogP contribution in [0.25, 0.3) is 0 Å². The number of hydrogen-bond donors (Lipinski definition) is 0. The molecule has 2 amide bonds. The maximum atomic E-state index is 11.7. The number of benzene rings is 1. The molecule has 0 N–H and O–H groups in total. The highest BCUT2D eigenvalue weighted by Gasteiger charge is 2.29. The van der Waals surface area contributed by atoms with E-state index in [0.29, 0.717) is 18.5 Å². The molecule has 0 saturated carbocycles. The molecule has 1 aromatic heterocycles. The number of carbonyl (C=O) groups excluding carboxylic acids is 2. The van der Waals surface area contributed by atoms with E-state index in [2.05, 4.69) is 9.97 Å². The van der Waals surface area contributed by atoms with E-state index in [1.165, 1.54) is 4.90 Å². The number of hydrogen-bond acceptors (Lipinski definition) is 5. The predicted molar refractivity (Wildman–Crippen MR) is 84.5 cm³/mol. The van der Waals surface area contributed by atoms with Crippen molar-refractivity contribution in [3.8, 4) is 0 Å². The third-order valence-electron chi connectivity index (χ3n) is 3.39. The summed E-state index contributed by atoms with van der Waals surface area (Å²) >= 11 is 1.56. The quantitative estimate of drug-likeness (QED) is 0.493. The molecule has 2 heterocycles. The zero-order valence-corrected chi connectivity index (χ0v) is 13.0. The summed E-state index contributed by atoms with van der Waals surface area (Å²) in [6.07, 6.45) is 2.36. The lowest BCUT2D eigenvalue weighted by Crippen LogP contribution is -2.28. The van der Waals surface area contributed by atoms with E-state index in [1.54, 1.807) is 18.0 Å². The van der Waals surface area contributed by atoms with Gasteiger partial charge in [-0.15, -0.1) is 0 Å². The molecule has 0 unspecified atom stereocenters. The van der Waals surface area contributed by atoms with Crippen LogP contribution in [0.4, 0.5) is 5.69 Å². The topological polar surface area (TPSA) is 63.2 Å². The second-order valence-electron chi connectivity index (χ2n) is 5.06. The Hall–Kier alpha value is -2.21. The van der Waals surface area contributed by atoms with Crippen LogP contribution in [-0.2, 0) is 15.3 Å². The Labute approximate surface area is 132 Å². The maximum absolute atomic E-state index is 11.7. The van der Waals surface area contributed by atoms with Gasteiger partial charge < -0.3 is 0 Å². The maximum Gasteiger partial charge on any atom is 0.234 e. The van der Waals surface area contributed by atoms with Gasteiger partial charge in [-0.25, -0.2) is 9.97 Å². The molecule has 0 spiro atoms. The molecule has 2 aromatic rings. The molecule has 1 aliphatic rings. The molecule has 22 heavy (non-hydrogen) atoms. The summed E-state index contributed by atoms with van der Waals surface area (Å²) in [5, 5.41) is 0.744. The fraction of sp³-hybridized carbons (Fsp3) is 0.250. The van der Waals surface area contributed by atoms with Gasteiger partial charge in [-0.1, -0.05) is 23.9 Å². The molecule has 3 rings (SSSR count). The van der Waals surface area contributed by atoms with Gasteiger partial charge in [0.05, 0.1) is 5.69 Å². The molecule has 0 aliphatic carbocycles. The van der Waals surface area contributed by atoms with Crippen LogP contribution in [-0.4, -0.2) is 21.8 Å². The smallest absolute Gasteiger partial charge is 0.234 e. The number of aryl methyl sites for hydroxylation is 1. The van der Waals surface area contributed by atoms with Gasteiger partial charge in [0.1, 0.15) is 0 Å². The van der Waals surface area contributed by atoms with E-state index in [0.717, 1.165) is 22.2 Å². The molecule has 112 valence electrons. The molecule has 1 saturated heterocycles. The summed E-state index contributed by atoms with van der Waals surface area (Å²) in [6.45, 7) is 1.94. The second kappa shape index (κ2) is 6.27. The Bertz CT molecular complexity index is 700. The van der Waals surface area contributed by atoms with Gasteiger partial charge in [0.2, 0.25) is 11.8 Å². The van der Waals surface area contributed by atoms with E-state index in [4.69, 9.17) is 0 Å². The van der Waals surface area contributed by atoms with Crippen molar-refractivity contribution in [3.05, 3.63) is 47.8 Å². The standard InChI is InChI=1S/C16H15N3O2S/c1-11-8-9-17-16(18-11)22-10-12-2-4-13(5-3-12)19-14(20)6-7-15(19)21/h2-5,8-9H,6-7,10H2,1H3. The van der Waals surface area contributed by atoms with Gasteiger partial charge in [-0.05, 0) is 30.7 Å². The number of amides is 2. The summed E-state index contributed by atoms with van der Waals surface area (Å²) in [4.78, 5) is 33.2. The number of aromatic nitrogens is 2. The van der Waals surface area contributed by atoms with Crippen molar-refractivity contribution in [1.29, 1.82) is 0 Å². The fourth-order valence-corrected chi connectivity index (χ4v) is 3.08. The Balaban J connectivity index is 1.67. The fourth-order valence-electron chi connectivity index (χ4n) is 2.25. The largest absolute Gasteiger partial charge is 0.274 e. The van der Waals surface area contributed by atoms with Crippen LogP contribution in [0.3, 0.4) is 0 Å². The molecule has 0 bridgehead atoms. The number of rotatable bonds is 4. The summed E-state index contributed by atoms with van der Waals surface area (Å²) < 4.78 is 0. The van der Waals surface area contributed by atoms with Crippen LogP contribution in [0.2, 0.25) is 0 Å². The Morgan fingerprint density at radius 1 is 1.09 bits per heavy atom. The van der Waals surface area contributed by atoms with Crippen LogP contribution in [0.1, 0.15) is 24.1 Å². The predicted octanol–water partition coefficient (Wildman–Crippen LogP) is 2.73. The van der Waals surface area contributed by atoms with Crippen LogP contribution in [0.5, 0.6) is 0 Å². The van der Waals surface area contributed by atoms with Crippen LogP contribution in [0.15, 0.2) is 41.7 Å².